The van der Waals surface area contributed by atoms with Crippen LogP contribution >= 0.6 is 0 Å². The summed E-state index contributed by atoms with van der Waals surface area (Å²) in [6.07, 6.45) is 17.9. The molecule has 0 amide bonds. The molecule has 0 N–H and O–H groups in total. The van der Waals surface area contributed by atoms with Crippen molar-refractivity contribution in [2.24, 2.45) is 22.7 Å². The predicted molar refractivity (Wildman–Crippen MR) is 172 cm³/mol. The smallest absolute Gasteiger partial charge is 0.237 e. The number of para-hydroxylation sites is 1. The van der Waals surface area contributed by atoms with Crippen molar-refractivity contribution in [2.45, 2.75) is 119 Å². The lowest BCUT2D eigenvalue weighted by Gasteiger charge is -2.64. The molecule has 8 aliphatic rings. The highest BCUT2D eigenvalue weighted by atomic mass is 15.5. The standard InChI is InChI=1S/C37H45BN4/c1-3-13-25(14-4-1)38-28-23-22-24-12-11-21-32-33(24)35(28)42(37-39-29-18-8-10-20-31(29)41(32)37)34-27-17-7-9-19-30(27)40(36(34)38)26-15-5-2-6-16-26/h1-6,13-16,24,27-33,35H,7-12,17-23H2. The summed E-state index contributed by atoms with van der Waals surface area (Å²) in [5.41, 5.74) is 6.35. The number of nitrogens with zero attached hydrogens (tertiary/aromatic N) is 4. The molecule has 5 heteroatoms. The molecule has 9 atom stereocenters. The lowest BCUT2D eigenvalue weighted by atomic mass is 9.29. The Morgan fingerprint density at radius 1 is 0.643 bits per heavy atom. The van der Waals surface area contributed by atoms with Gasteiger partial charge in [0, 0.05) is 46.9 Å². The molecule has 2 aromatic rings. The molecule has 0 spiro atoms. The van der Waals surface area contributed by atoms with Gasteiger partial charge in [0.2, 0.25) is 12.7 Å². The van der Waals surface area contributed by atoms with Gasteiger partial charge in [-0.1, -0.05) is 98.9 Å². The molecule has 9 unspecified atom stereocenters. The highest BCUT2D eigenvalue weighted by molar-refractivity contribution is 6.82. The second-order valence-electron chi connectivity index (χ2n) is 15.0. The van der Waals surface area contributed by atoms with Crippen LogP contribution in [0.2, 0.25) is 5.82 Å². The van der Waals surface area contributed by atoms with Crippen molar-refractivity contribution < 1.29 is 0 Å². The average Bonchev–Trinajstić information content (AvgIpc) is 3.61. The summed E-state index contributed by atoms with van der Waals surface area (Å²) in [7, 11) is 0. The molecule has 10 rings (SSSR count). The maximum atomic E-state index is 5.80. The maximum absolute atomic E-state index is 5.80. The molecule has 4 aliphatic carbocycles. The van der Waals surface area contributed by atoms with E-state index < -0.39 is 0 Å². The normalized spacial score (nSPS) is 39.7. The monoisotopic (exact) mass is 556 g/mol. The van der Waals surface area contributed by atoms with Gasteiger partial charge >= 0.3 is 0 Å². The number of anilines is 1. The number of rotatable bonds is 2. The van der Waals surface area contributed by atoms with Gasteiger partial charge in [-0.3, -0.25) is 0 Å². The minimum atomic E-state index is 0.479. The molecule has 5 fully saturated rings. The number of hydrogen-bond donors (Lipinski definition) is 0. The molecule has 1 saturated heterocycles. The van der Waals surface area contributed by atoms with Crippen LogP contribution in [0.1, 0.15) is 83.5 Å². The first-order valence-electron chi connectivity index (χ1n) is 17.7. The summed E-state index contributed by atoms with van der Waals surface area (Å²) in [6.45, 7) is 0.479. The SMILES string of the molecule is c1ccc(B2C3=C(C4CCCCC4N3c3ccccc3)N3C4=NC5CCCCC5N4C4CCCC5CCC2C3C54)cc1. The number of hydrogen-bond acceptors (Lipinski definition) is 4. The van der Waals surface area contributed by atoms with Crippen molar-refractivity contribution in [3.63, 3.8) is 0 Å². The summed E-state index contributed by atoms with van der Waals surface area (Å²) >= 11 is 0. The van der Waals surface area contributed by atoms with Crippen LogP contribution in [0.15, 0.2) is 76.9 Å². The van der Waals surface area contributed by atoms with E-state index in [1.807, 2.05) is 0 Å². The highest BCUT2D eigenvalue weighted by Gasteiger charge is 2.65. The molecule has 4 aliphatic heterocycles. The maximum Gasteiger partial charge on any atom is 0.237 e. The van der Waals surface area contributed by atoms with E-state index in [0.29, 0.717) is 48.7 Å². The molecule has 4 nitrogen and oxygen atoms in total. The second-order valence-corrected chi connectivity index (χ2v) is 15.0. The lowest BCUT2D eigenvalue weighted by Crippen LogP contribution is -2.72. The zero-order valence-corrected chi connectivity index (χ0v) is 25.0. The van der Waals surface area contributed by atoms with E-state index in [-0.39, 0.29) is 0 Å². The van der Waals surface area contributed by atoms with Crippen molar-refractivity contribution in [3.05, 3.63) is 72.0 Å². The molecule has 0 radical (unpaired) electrons. The summed E-state index contributed by atoms with van der Waals surface area (Å²) in [4.78, 5) is 14.7. The number of benzene rings is 2. The molecule has 216 valence electrons. The fourth-order valence-corrected chi connectivity index (χ4v) is 12.0. The van der Waals surface area contributed by atoms with Gasteiger partial charge < -0.3 is 14.7 Å². The fraction of sp³-hybridized carbons (Fsp3) is 0.595. The Kier molecular flexibility index (Phi) is 5.54. The summed E-state index contributed by atoms with van der Waals surface area (Å²) in [5, 5.41) is 0. The van der Waals surface area contributed by atoms with Crippen molar-refractivity contribution >= 4 is 23.8 Å². The average molecular weight is 557 g/mol. The van der Waals surface area contributed by atoms with Crippen molar-refractivity contribution in [1.29, 1.82) is 0 Å². The largest absolute Gasteiger partial charge is 0.348 e. The Bertz CT molecular complexity index is 1420. The summed E-state index contributed by atoms with van der Waals surface area (Å²) in [5.74, 6) is 4.40. The Labute approximate surface area is 252 Å². The van der Waals surface area contributed by atoms with Gasteiger partial charge in [0.15, 0.2) is 0 Å². The quantitative estimate of drug-likeness (QED) is 0.378. The first-order chi connectivity index (χ1) is 20.9. The van der Waals surface area contributed by atoms with Gasteiger partial charge in [-0.15, -0.1) is 0 Å². The summed E-state index contributed by atoms with van der Waals surface area (Å²) < 4.78 is 0. The Balaban J connectivity index is 1.24. The van der Waals surface area contributed by atoms with Gasteiger partial charge in [0.25, 0.3) is 0 Å². The highest BCUT2D eigenvalue weighted by Crippen LogP contribution is 2.61. The Hall–Kier alpha value is -2.69. The minimum Gasteiger partial charge on any atom is -0.348 e. The van der Waals surface area contributed by atoms with Crippen LogP contribution < -0.4 is 10.4 Å². The van der Waals surface area contributed by atoms with Gasteiger partial charge in [0.05, 0.1) is 12.1 Å². The third-order valence-electron chi connectivity index (χ3n) is 13.3. The molecule has 4 saturated carbocycles. The molecular weight excluding hydrogens is 511 g/mol. The number of aliphatic imine (C=N–C) groups is 1. The fourth-order valence-electron chi connectivity index (χ4n) is 12.0. The second kappa shape index (κ2) is 9.41. The van der Waals surface area contributed by atoms with Crippen LogP contribution in [-0.2, 0) is 0 Å². The third kappa shape index (κ3) is 3.29. The van der Waals surface area contributed by atoms with E-state index in [1.165, 1.54) is 95.1 Å². The van der Waals surface area contributed by atoms with Crippen LogP contribution in [0, 0.1) is 17.8 Å². The molecule has 0 bridgehead atoms. The lowest BCUT2D eigenvalue weighted by molar-refractivity contribution is -0.0269. The van der Waals surface area contributed by atoms with E-state index in [0.717, 1.165) is 11.8 Å². The minimum absolute atomic E-state index is 0.479. The van der Waals surface area contributed by atoms with Crippen molar-refractivity contribution in [2.75, 3.05) is 4.90 Å². The predicted octanol–water partition coefficient (Wildman–Crippen LogP) is 6.85. The van der Waals surface area contributed by atoms with Crippen LogP contribution in [0.4, 0.5) is 5.69 Å². The van der Waals surface area contributed by atoms with E-state index in [4.69, 9.17) is 4.99 Å². The zero-order valence-electron chi connectivity index (χ0n) is 25.0. The first kappa shape index (κ1) is 24.7. The number of guanidine groups is 1. The first-order valence-corrected chi connectivity index (χ1v) is 17.7. The van der Waals surface area contributed by atoms with Gasteiger partial charge in [0.1, 0.15) is 0 Å². The zero-order chi connectivity index (χ0) is 27.4. The van der Waals surface area contributed by atoms with E-state index in [2.05, 4.69) is 75.4 Å². The molecule has 2 aromatic carbocycles. The van der Waals surface area contributed by atoms with E-state index >= 15 is 0 Å². The number of fused-ring (bicyclic) bond motifs is 8. The van der Waals surface area contributed by atoms with Gasteiger partial charge in [-0.2, -0.15) is 0 Å². The van der Waals surface area contributed by atoms with Crippen LogP contribution in [0.25, 0.3) is 0 Å². The third-order valence-corrected chi connectivity index (χ3v) is 13.3. The van der Waals surface area contributed by atoms with Crippen molar-refractivity contribution in [1.82, 2.24) is 9.80 Å². The molecular formula is C37H45BN4. The van der Waals surface area contributed by atoms with E-state index in [1.54, 1.807) is 16.8 Å². The van der Waals surface area contributed by atoms with Crippen LogP contribution in [-0.4, -0.2) is 52.7 Å². The molecule has 42 heavy (non-hydrogen) atoms. The van der Waals surface area contributed by atoms with Gasteiger partial charge in [-0.25, -0.2) is 4.99 Å². The molecule has 0 aromatic heterocycles. The topological polar surface area (TPSA) is 22.1 Å². The van der Waals surface area contributed by atoms with Crippen LogP contribution in [0.5, 0.6) is 0 Å². The summed E-state index contributed by atoms with van der Waals surface area (Å²) in [6, 6.07) is 26.4. The van der Waals surface area contributed by atoms with Gasteiger partial charge in [-0.05, 0) is 62.4 Å². The van der Waals surface area contributed by atoms with Crippen molar-refractivity contribution in [3.8, 4) is 0 Å². The molecule has 4 heterocycles. The van der Waals surface area contributed by atoms with E-state index in [9.17, 15) is 0 Å². The Morgan fingerprint density at radius 2 is 1.38 bits per heavy atom. The van der Waals surface area contributed by atoms with Crippen LogP contribution in [0.3, 0.4) is 0 Å². The Morgan fingerprint density at radius 3 is 2.24 bits per heavy atom.